The minimum Gasteiger partial charge on any atom is -0.489 e. The molecular formula is C21H23BrN4O4S. The van der Waals surface area contributed by atoms with Crippen LogP contribution in [0, 0.1) is 6.92 Å². The van der Waals surface area contributed by atoms with E-state index in [1.165, 1.54) is 18.4 Å². The number of benzene rings is 1. The summed E-state index contributed by atoms with van der Waals surface area (Å²) in [6.45, 7) is 3.63. The highest BCUT2D eigenvalue weighted by molar-refractivity contribution is 9.10. The molecule has 8 nitrogen and oxygen atoms in total. The van der Waals surface area contributed by atoms with Crippen LogP contribution in [-0.4, -0.2) is 47.2 Å². The third kappa shape index (κ3) is 5.07. The van der Waals surface area contributed by atoms with E-state index < -0.39 is 0 Å². The Morgan fingerprint density at radius 1 is 1.32 bits per heavy atom. The SMILES string of the molecule is COC(=O)CCc1nc2nc(N3CCC(Oc4cc(C)ccc4Br)CC3)sc2c(=O)[nH]1. The molecule has 164 valence electrons. The maximum absolute atomic E-state index is 12.4. The van der Waals surface area contributed by atoms with Crippen molar-refractivity contribution in [3.63, 3.8) is 0 Å². The highest BCUT2D eigenvalue weighted by Gasteiger charge is 2.24. The van der Waals surface area contributed by atoms with Crippen LogP contribution in [0.2, 0.25) is 0 Å². The summed E-state index contributed by atoms with van der Waals surface area (Å²) in [5.41, 5.74) is 1.36. The number of fused-ring (bicyclic) bond motifs is 1. The molecule has 0 radical (unpaired) electrons. The number of H-pyrrole nitrogens is 1. The van der Waals surface area contributed by atoms with Gasteiger partial charge in [-0.05, 0) is 40.5 Å². The summed E-state index contributed by atoms with van der Waals surface area (Å²) in [4.78, 5) is 37.7. The van der Waals surface area contributed by atoms with Gasteiger partial charge in [0.25, 0.3) is 5.56 Å². The van der Waals surface area contributed by atoms with Crippen LogP contribution in [0.15, 0.2) is 27.5 Å². The number of hydrogen-bond acceptors (Lipinski definition) is 8. The molecule has 2 aromatic heterocycles. The Labute approximate surface area is 191 Å². The molecule has 0 spiro atoms. The molecule has 1 fully saturated rings. The summed E-state index contributed by atoms with van der Waals surface area (Å²) in [5.74, 6) is 0.966. The lowest BCUT2D eigenvalue weighted by molar-refractivity contribution is -0.140. The number of carbonyl (C=O) groups is 1. The first kappa shape index (κ1) is 21.8. The number of esters is 1. The number of ether oxygens (including phenoxy) is 2. The number of aryl methyl sites for hydroxylation is 2. The van der Waals surface area contributed by atoms with Crippen molar-refractivity contribution in [2.45, 2.75) is 38.7 Å². The minimum atomic E-state index is -0.343. The number of anilines is 1. The van der Waals surface area contributed by atoms with Crippen LogP contribution in [0.4, 0.5) is 5.13 Å². The molecule has 31 heavy (non-hydrogen) atoms. The molecule has 10 heteroatoms. The summed E-state index contributed by atoms with van der Waals surface area (Å²) in [7, 11) is 1.34. The highest BCUT2D eigenvalue weighted by Crippen LogP contribution is 2.31. The average molecular weight is 507 g/mol. The lowest BCUT2D eigenvalue weighted by atomic mass is 10.1. The molecule has 0 aliphatic carbocycles. The molecule has 0 atom stereocenters. The third-order valence-electron chi connectivity index (χ3n) is 5.19. The van der Waals surface area contributed by atoms with Crippen molar-refractivity contribution in [3.05, 3.63) is 44.4 Å². The quantitative estimate of drug-likeness (QED) is 0.510. The maximum Gasteiger partial charge on any atom is 0.305 e. The minimum absolute atomic E-state index is 0.134. The smallest absolute Gasteiger partial charge is 0.305 e. The molecular weight excluding hydrogens is 484 g/mol. The fourth-order valence-electron chi connectivity index (χ4n) is 3.49. The Bertz CT molecular complexity index is 1150. The van der Waals surface area contributed by atoms with E-state index in [2.05, 4.69) is 40.5 Å². The van der Waals surface area contributed by atoms with E-state index in [9.17, 15) is 9.59 Å². The average Bonchev–Trinajstić information content (AvgIpc) is 3.20. The molecule has 0 amide bonds. The van der Waals surface area contributed by atoms with E-state index in [1.54, 1.807) is 0 Å². The van der Waals surface area contributed by atoms with Crippen LogP contribution in [0.1, 0.15) is 30.7 Å². The first-order valence-corrected chi connectivity index (χ1v) is 11.7. The molecule has 3 heterocycles. The van der Waals surface area contributed by atoms with E-state index in [0.29, 0.717) is 22.6 Å². The van der Waals surface area contributed by atoms with Crippen molar-refractivity contribution in [1.29, 1.82) is 0 Å². The summed E-state index contributed by atoms with van der Waals surface area (Å²) in [6.07, 6.45) is 2.33. The van der Waals surface area contributed by atoms with Crippen LogP contribution in [0.3, 0.4) is 0 Å². The zero-order valence-electron chi connectivity index (χ0n) is 17.3. The van der Waals surface area contributed by atoms with Crippen molar-refractivity contribution >= 4 is 48.7 Å². The number of hydrogen-bond donors (Lipinski definition) is 1. The number of halogens is 1. The third-order valence-corrected chi connectivity index (χ3v) is 6.95. The van der Waals surface area contributed by atoms with Gasteiger partial charge in [-0.25, -0.2) is 4.98 Å². The van der Waals surface area contributed by atoms with Gasteiger partial charge in [0.15, 0.2) is 10.8 Å². The maximum atomic E-state index is 12.4. The molecule has 1 aliphatic heterocycles. The first-order chi connectivity index (χ1) is 14.9. The van der Waals surface area contributed by atoms with Crippen LogP contribution in [-0.2, 0) is 16.0 Å². The van der Waals surface area contributed by atoms with Gasteiger partial charge in [-0.1, -0.05) is 17.4 Å². The first-order valence-electron chi connectivity index (χ1n) is 10.1. The Kier molecular flexibility index (Phi) is 6.57. The second kappa shape index (κ2) is 9.35. The van der Waals surface area contributed by atoms with Gasteiger partial charge in [-0.15, -0.1) is 0 Å². The predicted octanol–water partition coefficient (Wildman–Crippen LogP) is 3.60. The fourth-order valence-corrected chi connectivity index (χ4v) is 4.78. The van der Waals surface area contributed by atoms with Gasteiger partial charge in [0.2, 0.25) is 0 Å². The number of carbonyl (C=O) groups excluding carboxylic acids is 1. The molecule has 3 aromatic rings. The summed E-state index contributed by atoms with van der Waals surface area (Å²) >= 11 is 4.90. The van der Waals surface area contributed by atoms with Crippen molar-refractivity contribution in [2.75, 3.05) is 25.1 Å². The van der Waals surface area contributed by atoms with Crippen molar-refractivity contribution in [2.24, 2.45) is 0 Å². The summed E-state index contributed by atoms with van der Waals surface area (Å²) in [5, 5.41) is 0.785. The molecule has 1 N–H and O–H groups in total. The summed E-state index contributed by atoms with van der Waals surface area (Å²) in [6, 6.07) is 6.09. The molecule has 4 rings (SSSR count). The van der Waals surface area contributed by atoms with E-state index in [1.807, 2.05) is 25.1 Å². The van der Waals surface area contributed by atoms with Gasteiger partial charge >= 0.3 is 5.97 Å². The van der Waals surface area contributed by atoms with E-state index in [4.69, 9.17) is 4.74 Å². The Hall–Kier alpha value is -2.46. The molecule has 1 aromatic carbocycles. The van der Waals surface area contributed by atoms with Gasteiger partial charge < -0.3 is 19.4 Å². The van der Waals surface area contributed by atoms with Crippen LogP contribution in [0.25, 0.3) is 10.3 Å². The van der Waals surface area contributed by atoms with Crippen LogP contribution < -0.4 is 15.2 Å². The lowest BCUT2D eigenvalue weighted by Crippen LogP contribution is -2.38. The number of piperidine rings is 1. The molecule has 1 saturated heterocycles. The van der Waals surface area contributed by atoms with Gasteiger partial charge in [-0.3, -0.25) is 9.59 Å². The van der Waals surface area contributed by atoms with Gasteiger partial charge in [0.05, 0.1) is 18.0 Å². The van der Waals surface area contributed by atoms with Crippen LogP contribution in [0.5, 0.6) is 5.75 Å². The molecule has 0 bridgehead atoms. The van der Waals surface area contributed by atoms with Crippen molar-refractivity contribution in [1.82, 2.24) is 15.0 Å². The molecule has 1 aliphatic rings. The number of nitrogens with zero attached hydrogens (tertiary/aromatic N) is 3. The number of aromatic amines is 1. The Morgan fingerprint density at radius 2 is 2.10 bits per heavy atom. The molecule has 0 unspecified atom stereocenters. The number of aromatic nitrogens is 3. The predicted molar refractivity (Wildman–Crippen MR) is 123 cm³/mol. The summed E-state index contributed by atoms with van der Waals surface area (Å²) < 4.78 is 12.3. The Balaban J connectivity index is 1.42. The number of nitrogens with one attached hydrogen (secondary N) is 1. The highest BCUT2D eigenvalue weighted by atomic mass is 79.9. The number of methoxy groups -OCH3 is 1. The number of thiazole rings is 1. The standard InChI is InChI=1S/C21H23BrN4O4S/c1-12-3-4-14(22)15(11-12)30-13-7-9-26(10-8-13)21-25-19-18(31-21)20(28)24-16(23-19)5-6-17(27)29-2/h3-4,11,13H,5-10H2,1-2H3,(H,23,24,28). The largest absolute Gasteiger partial charge is 0.489 e. The van der Waals surface area contributed by atoms with Crippen LogP contribution >= 0.6 is 27.3 Å². The number of rotatable bonds is 6. The molecule has 0 saturated carbocycles. The normalized spacial score (nSPS) is 14.7. The fraction of sp³-hybridized carbons (Fsp3) is 0.429. The van der Waals surface area contributed by atoms with Crippen molar-refractivity contribution < 1.29 is 14.3 Å². The topological polar surface area (TPSA) is 97.4 Å². The van der Waals surface area contributed by atoms with E-state index in [-0.39, 0.29) is 24.1 Å². The second-order valence-corrected chi connectivity index (χ2v) is 9.31. The second-order valence-electron chi connectivity index (χ2n) is 7.48. The monoisotopic (exact) mass is 506 g/mol. The zero-order chi connectivity index (χ0) is 22.0. The lowest BCUT2D eigenvalue weighted by Gasteiger charge is -2.32. The van der Waals surface area contributed by atoms with E-state index in [0.717, 1.165) is 46.8 Å². The Morgan fingerprint density at radius 3 is 2.84 bits per heavy atom. The van der Waals surface area contributed by atoms with Gasteiger partial charge in [0, 0.05) is 32.4 Å². The zero-order valence-corrected chi connectivity index (χ0v) is 19.7. The van der Waals surface area contributed by atoms with Crippen molar-refractivity contribution in [3.8, 4) is 5.75 Å². The van der Waals surface area contributed by atoms with Gasteiger partial charge in [-0.2, -0.15) is 4.98 Å². The van der Waals surface area contributed by atoms with E-state index >= 15 is 0 Å². The van der Waals surface area contributed by atoms with Gasteiger partial charge in [0.1, 0.15) is 22.4 Å².